The van der Waals surface area contributed by atoms with E-state index < -0.39 is 123 Å². The van der Waals surface area contributed by atoms with E-state index >= 15 is 0 Å². The molecule has 3 heterocycles. The lowest BCUT2D eigenvalue weighted by Gasteiger charge is -2.47. The molecule has 3 saturated heterocycles. The van der Waals surface area contributed by atoms with Crippen LogP contribution in [0.1, 0.15) is 6.42 Å². The number of aliphatic hydroxyl groups excluding tert-OH is 7. The molecule has 0 aromatic heterocycles. The van der Waals surface area contributed by atoms with Gasteiger partial charge in [-0.1, -0.05) is 0 Å². The molecule has 3 aliphatic heterocycles. The van der Waals surface area contributed by atoms with Crippen molar-refractivity contribution in [3.63, 3.8) is 0 Å². The van der Waals surface area contributed by atoms with Gasteiger partial charge >= 0.3 is 0 Å². The van der Waals surface area contributed by atoms with Crippen molar-refractivity contribution in [2.45, 2.75) is 123 Å². The van der Waals surface area contributed by atoms with E-state index in [-0.39, 0.29) is 19.5 Å². The van der Waals surface area contributed by atoms with E-state index in [0.29, 0.717) is 0 Å². The van der Waals surface area contributed by atoms with E-state index in [1.165, 1.54) is 0 Å². The molecule has 246 valence electrons. The third kappa shape index (κ3) is 6.60. The van der Waals surface area contributed by atoms with E-state index in [1.807, 2.05) is 0 Å². The number of hydrogen-bond acceptors (Lipinski definition) is 19. The highest BCUT2D eigenvalue weighted by atomic mass is 16.8. The highest BCUT2D eigenvalue weighted by Crippen LogP contribution is 2.34. The Hall–Kier alpha value is -0.760. The summed E-state index contributed by atoms with van der Waals surface area (Å²) >= 11 is 0. The molecule has 1 aliphatic carbocycles. The van der Waals surface area contributed by atoms with Crippen molar-refractivity contribution in [1.29, 1.82) is 0 Å². The summed E-state index contributed by atoms with van der Waals surface area (Å²) in [7, 11) is 0. The second-order valence-electron chi connectivity index (χ2n) is 11.2. The summed E-state index contributed by atoms with van der Waals surface area (Å²) in [4.78, 5) is 0. The molecule has 0 amide bonds. The van der Waals surface area contributed by atoms with Gasteiger partial charge in [-0.3, -0.25) is 0 Å². The maximum atomic E-state index is 11.1. The fraction of sp³-hybridized carbons (Fsp3) is 1.00. The Morgan fingerprint density at radius 2 is 0.976 bits per heavy atom. The molecule has 0 bridgehead atoms. The molecule has 1 saturated carbocycles. The Bertz CT molecular complexity index is 868. The third-order valence-electron chi connectivity index (χ3n) is 8.37. The number of hydrogen-bond donors (Lipinski definition) is 13. The normalized spacial score (nSPS) is 53.8. The van der Waals surface area contributed by atoms with Gasteiger partial charge in [-0.15, -0.1) is 0 Å². The first-order valence-electron chi connectivity index (χ1n) is 13.9. The van der Waals surface area contributed by atoms with E-state index in [4.69, 9.17) is 62.8 Å². The summed E-state index contributed by atoms with van der Waals surface area (Å²) in [6.45, 7) is -0.967. The zero-order valence-electron chi connectivity index (χ0n) is 22.8. The minimum absolute atomic E-state index is 0.0889. The lowest BCUT2D eigenvalue weighted by atomic mass is 9.84. The summed E-state index contributed by atoms with van der Waals surface area (Å²) in [5.74, 6) is 0. The maximum Gasteiger partial charge on any atom is 0.187 e. The summed E-state index contributed by atoms with van der Waals surface area (Å²) in [6, 6.07) is -4.18. The van der Waals surface area contributed by atoms with Gasteiger partial charge in [0.2, 0.25) is 0 Å². The van der Waals surface area contributed by atoms with Gasteiger partial charge in [0.15, 0.2) is 18.9 Å². The minimum Gasteiger partial charge on any atom is -0.394 e. The van der Waals surface area contributed by atoms with Gasteiger partial charge in [-0.2, -0.15) is 0 Å². The molecule has 19 nitrogen and oxygen atoms in total. The molecule has 0 radical (unpaired) electrons. The largest absolute Gasteiger partial charge is 0.394 e. The van der Waals surface area contributed by atoms with Gasteiger partial charge in [-0.05, 0) is 6.42 Å². The summed E-state index contributed by atoms with van der Waals surface area (Å²) in [6.07, 6.45) is -19.8. The predicted molar refractivity (Wildman–Crippen MR) is 138 cm³/mol. The van der Waals surface area contributed by atoms with Gasteiger partial charge in [0.25, 0.3) is 0 Å². The van der Waals surface area contributed by atoms with Gasteiger partial charge in [0.05, 0.1) is 24.8 Å². The highest BCUT2D eigenvalue weighted by Gasteiger charge is 2.54. The Labute approximate surface area is 241 Å². The zero-order valence-corrected chi connectivity index (χ0v) is 22.8. The van der Waals surface area contributed by atoms with Crippen LogP contribution in [0.25, 0.3) is 0 Å². The lowest BCUT2D eigenvalue weighted by Crippen LogP contribution is -2.68. The first-order valence-corrected chi connectivity index (χ1v) is 13.9. The lowest BCUT2D eigenvalue weighted by molar-refractivity contribution is -0.306. The Kier molecular flexibility index (Phi) is 11.5. The molecule has 19 atom stereocenters. The Morgan fingerprint density at radius 1 is 0.524 bits per heavy atom. The van der Waals surface area contributed by atoms with Crippen LogP contribution in [0.3, 0.4) is 0 Å². The number of rotatable bonds is 9. The van der Waals surface area contributed by atoms with E-state index in [9.17, 15) is 35.7 Å². The fourth-order valence-electron chi connectivity index (χ4n) is 5.74. The predicted octanol–water partition coefficient (Wildman–Crippen LogP) is -8.90. The van der Waals surface area contributed by atoms with Gasteiger partial charge < -0.3 is 98.6 Å². The van der Waals surface area contributed by atoms with Crippen LogP contribution in [0.4, 0.5) is 0 Å². The second kappa shape index (κ2) is 14.1. The monoisotopic (exact) mass is 614 g/mol. The summed E-state index contributed by atoms with van der Waals surface area (Å²) in [5, 5.41) is 73.0. The average molecular weight is 615 g/mol. The second-order valence-corrected chi connectivity index (χ2v) is 11.2. The van der Waals surface area contributed by atoms with E-state index in [2.05, 4.69) is 0 Å². The maximum absolute atomic E-state index is 11.1. The fourth-order valence-corrected chi connectivity index (χ4v) is 5.74. The van der Waals surface area contributed by atoms with Crippen LogP contribution in [-0.2, 0) is 28.4 Å². The molecule has 0 aromatic carbocycles. The van der Waals surface area contributed by atoms with Crippen LogP contribution in [0.15, 0.2) is 0 Å². The first-order chi connectivity index (χ1) is 19.8. The van der Waals surface area contributed by atoms with Crippen molar-refractivity contribution in [2.75, 3.05) is 19.7 Å². The van der Waals surface area contributed by atoms with Gasteiger partial charge in [-0.25, -0.2) is 0 Å². The first kappa shape index (κ1) is 34.1. The number of aliphatic hydroxyl groups is 7. The van der Waals surface area contributed by atoms with Crippen molar-refractivity contribution in [3.05, 3.63) is 0 Å². The molecule has 42 heavy (non-hydrogen) atoms. The highest BCUT2D eigenvalue weighted by molar-refractivity contribution is 5.02. The molecule has 4 aliphatic rings. The van der Waals surface area contributed by atoms with E-state index in [0.717, 1.165) is 0 Å². The summed E-state index contributed by atoms with van der Waals surface area (Å²) < 4.78 is 34.6. The molecule has 19 N–H and O–H groups in total. The Morgan fingerprint density at radius 3 is 1.45 bits per heavy atom. The molecule has 4 rings (SSSR count). The van der Waals surface area contributed by atoms with E-state index in [1.54, 1.807) is 0 Å². The van der Waals surface area contributed by atoms with Crippen molar-refractivity contribution in [2.24, 2.45) is 34.4 Å². The molecular formula is C23H46N6O13. The molecule has 0 unspecified atom stereocenters. The summed E-state index contributed by atoms with van der Waals surface area (Å²) in [5.41, 5.74) is 35.6. The Balaban J connectivity index is 1.50. The van der Waals surface area contributed by atoms with Crippen molar-refractivity contribution in [1.82, 2.24) is 0 Å². The number of nitrogens with two attached hydrogens (primary N) is 6. The van der Waals surface area contributed by atoms with Crippen LogP contribution >= 0.6 is 0 Å². The topological polar surface area (TPSA) is 353 Å². The van der Waals surface area contributed by atoms with Crippen LogP contribution in [-0.4, -0.2) is 172 Å². The molecule has 19 heteroatoms. The van der Waals surface area contributed by atoms with Crippen LogP contribution in [0, 0.1) is 0 Å². The van der Waals surface area contributed by atoms with Crippen LogP contribution in [0.2, 0.25) is 0 Å². The van der Waals surface area contributed by atoms with Crippen LogP contribution < -0.4 is 34.4 Å². The molecule has 0 aromatic rings. The molecule has 0 spiro atoms. The van der Waals surface area contributed by atoms with Gasteiger partial charge in [0, 0.05) is 25.2 Å². The molecular weight excluding hydrogens is 568 g/mol. The van der Waals surface area contributed by atoms with Gasteiger partial charge in [0.1, 0.15) is 67.1 Å². The van der Waals surface area contributed by atoms with Crippen molar-refractivity contribution in [3.8, 4) is 0 Å². The molecule has 4 fully saturated rings. The number of ether oxygens (including phenoxy) is 6. The van der Waals surface area contributed by atoms with Crippen LogP contribution in [0.5, 0.6) is 0 Å². The average Bonchev–Trinajstić information content (AvgIpc) is 3.27. The zero-order chi connectivity index (χ0) is 31.0. The van der Waals surface area contributed by atoms with Crippen molar-refractivity contribution < 1.29 is 64.2 Å². The third-order valence-corrected chi connectivity index (χ3v) is 8.37. The quantitative estimate of drug-likeness (QED) is 0.115. The standard InChI is InChI=1S/C23H46N6O13/c24-2-7-13(32)15(34)10(28)21(37-7)40-18-6(27)1-5(26)12(31)20(18)42-23-17(36)19(9(4-30)39-23)41-22-11(29)16(35)14(33)8(3-25)38-22/h5-23,30-36H,1-4,24-29H2/t5-,6-,7+,8-,9-,10+,11+,12-,13-,14-,15-,16-,17-,18-,19-,20+,21-,22-,23+/m1/s1. The SMILES string of the molecule is NC[C@@H]1O[C@H](O[C@H]2[C@@H](O[C@@H]3O[C@H](CO)[C@@H](O[C@H]4O[C@H](CN)[C@@H](O)[C@H](O)[C@@H]4N)[C@H]3O)[C@H](O)[C@H](N)C[C@H]2N)[C@@H](N)[C@@H](O)[C@@H]1O. The minimum atomic E-state index is -1.60. The smallest absolute Gasteiger partial charge is 0.187 e. The van der Waals surface area contributed by atoms with Crippen molar-refractivity contribution >= 4 is 0 Å².